The van der Waals surface area contributed by atoms with Crippen molar-refractivity contribution in [2.24, 2.45) is 11.8 Å². The molecule has 0 aliphatic carbocycles. The van der Waals surface area contributed by atoms with Gasteiger partial charge in [0.05, 0.1) is 6.04 Å². The Morgan fingerprint density at radius 2 is 2.00 bits per heavy atom. The van der Waals surface area contributed by atoms with Crippen LogP contribution in [0.3, 0.4) is 0 Å². The molecule has 0 radical (unpaired) electrons. The molecule has 2 atom stereocenters. The average Bonchev–Trinajstić information content (AvgIpc) is 3.01. The standard InChI is InChI=1S/C16H27N5O2/c1-4-14-18-15(23-19-14)12(3)20-5-7-21(8-6-20)16(22)11(2)13-9-17-10-13/h11-13,17H,4-10H2,1-3H3. The minimum Gasteiger partial charge on any atom is -0.340 e. The molecule has 1 aromatic heterocycles. The fourth-order valence-corrected chi connectivity index (χ4v) is 3.22. The first-order chi connectivity index (χ1) is 11.1. The second kappa shape index (κ2) is 6.97. The number of aromatic nitrogens is 2. The quantitative estimate of drug-likeness (QED) is 0.860. The summed E-state index contributed by atoms with van der Waals surface area (Å²) in [5.41, 5.74) is 0. The Kier molecular flexibility index (Phi) is 4.96. The van der Waals surface area contributed by atoms with Crippen molar-refractivity contribution in [1.29, 1.82) is 0 Å². The van der Waals surface area contributed by atoms with Crippen LogP contribution in [0.4, 0.5) is 0 Å². The van der Waals surface area contributed by atoms with Gasteiger partial charge in [0.1, 0.15) is 0 Å². The topological polar surface area (TPSA) is 74.5 Å². The third-order valence-corrected chi connectivity index (χ3v) is 5.24. The summed E-state index contributed by atoms with van der Waals surface area (Å²) >= 11 is 0. The molecule has 2 fully saturated rings. The maximum atomic E-state index is 12.6. The lowest BCUT2D eigenvalue weighted by Crippen LogP contribution is -2.54. The van der Waals surface area contributed by atoms with Crippen molar-refractivity contribution in [2.45, 2.75) is 33.2 Å². The Labute approximate surface area is 137 Å². The summed E-state index contributed by atoms with van der Waals surface area (Å²) in [5.74, 6) is 2.36. The Morgan fingerprint density at radius 3 is 2.52 bits per heavy atom. The summed E-state index contributed by atoms with van der Waals surface area (Å²) in [4.78, 5) is 21.3. The molecule has 0 bridgehead atoms. The van der Waals surface area contributed by atoms with Crippen LogP contribution in [0.1, 0.15) is 38.5 Å². The van der Waals surface area contributed by atoms with Gasteiger partial charge in [-0.05, 0) is 25.9 Å². The number of carbonyl (C=O) groups excluding carboxylic acids is 1. The Hall–Kier alpha value is -1.47. The van der Waals surface area contributed by atoms with Crippen molar-refractivity contribution in [1.82, 2.24) is 25.3 Å². The van der Waals surface area contributed by atoms with E-state index < -0.39 is 0 Å². The van der Waals surface area contributed by atoms with Crippen molar-refractivity contribution >= 4 is 5.91 Å². The van der Waals surface area contributed by atoms with Gasteiger partial charge in [0.2, 0.25) is 11.8 Å². The van der Waals surface area contributed by atoms with Gasteiger partial charge in [-0.1, -0.05) is 19.0 Å². The summed E-state index contributed by atoms with van der Waals surface area (Å²) in [6, 6.07) is 0.105. The molecular weight excluding hydrogens is 294 g/mol. The third kappa shape index (κ3) is 3.40. The van der Waals surface area contributed by atoms with Crippen LogP contribution < -0.4 is 5.32 Å². The van der Waals surface area contributed by atoms with E-state index in [2.05, 4.69) is 34.2 Å². The molecule has 23 heavy (non-hydrogen) atoms. The van der Waals surface area contributed by atoms with Gasteiger partial charge in [0.25, 0.3) is 0 Å². The first-order valence-corrected chi connectivity index (χ1v) is 8.66. The van der Waals surface area contributed by atoms with Crippen LogP contribution in [0.5, 0.6) is 0 Å². The summed E-state index contributed by atoms with van der Waals surface area (Å²) in [7, 11) is 0. The van der Waals surface area contributed by atoms with Crippen LogP contribution in [0.2, 0.25) is 0 Å². The second-order valence-corrected chi connectivity index (χ2v) is 6.65. The lowest BCUT2D eigenvalue weighted by Gasteiger charge is -2.40. The Bertz CT molecular complexity index is 534. The van der Waals surface area contributed by atoms with Gasteiger partial charge < -0.3 is 14.7 Å². The zero-order valence-electron chi connectivity index (χ0n) is 14.3. The van der Waals surface area contributed by atoms with Crippen LogP contribution in [-0.2, 0) is 11.2 Å². The van der Waals surface area contributed by atoms with Gasteiger partial charge in [-0.15, -0.1) is 0 Å². The molecule has 1 amide bonds. The highest BCUT2D eigenvalue weighted by Gasteiger charge is 2.34. The van der Waals surface area contributed by atoms with Gasteiger partial charge >= 0.3 is 0 Å². The first kappa shape index (κ1) is 16.4. The summed E-state index contributed by atoms with van der Waals surface area (Å²) in [6.45, 7) is 11.4. The molecule has 7 nitrogen and oxygen atoms in total. The number of piperazine rings is 1. The normalized spacial score (nSPS) is 22.7. The monoisotopic (exact) mass is 321 g/mol. The molecule has 7 heteroatoms. The number of aryl methyl sites for hydroxylation is 1. The molecule has 2 saturated heterocycles. The number of hydrogen-bond acceptors (Lipinski definition) is 6. The number of amides is 1. The molecule has 2 aliphatic heterocycles. The highest BCUT2D eigenvalue weighted by Crippen LogP contribution is 2.23. The van der Waals surface area contributed by atoms with E-state index in [9.17, 15) is 4.79 Å². The number of carbonyl (C=O) groups is 1. The smallest absolute Gasteiger partial charge is 0.243 e. The van der Waals surface area contributed by atoms with Crippen molar-refractivity contribution < 1.29 is 9.32 Å². The van der Waals surface area contributed by atoms with Gasteiger partial charge in [-0.2, -0.15) is 4.98 Å². The highest BCUT2D eigenvalue weighted by molar-refractivity contribution is 5.79. The third-order valence-electron chi connectivity index (χ3n) is 5.24. The van der Waals surface area contributed by atoms with Crippen molar-refractivity contribution in [3.8, 4) is 0 Å². The first-order valence-electron chi connectivity index (χ1n) is 8.66. The number of hydrogen-bond donors (Lipinski definition) is 1. The molecule has 128 valence electrons. The van der Waals surface area contributed by atoms with Crippen molar-refractivity contribution in [3.63, 3.8) is 0 Å². The zero-order valence-corrected chi connectivity index (χ0v) is 14.3. The summed E-state index contributed by atoms with van der Waals surface area (Å²) in [6.07, 6.45) is 0.784. The van der Waals surface area contributed by atoms with Crippen LogP contribution in [0, 0.1) is 11.8 Å². The van der Waals surface area contributed by atoms with Crippen molar-refractivity contribution in [3.05, 3.63) is 11.7 Å². The second-order valence-electron chi connectivity index (χ2n) is 6.65. The van der Waals surface area contributed by atoms with Gasteiger partial charge in [-0.3, -0.25) is 9.69 Å². The lowest BCUT2D eigenvalue weighted by atomic mass is 9.88. The average molecular weight is 321 g/mol. The minimum absolute atomic E-state index is 0.105. The fourth-order valence-electron chi connectivity index (χ4n) is 3.22. The number of rotatable bonds is 5. The summed E-state index contributed by atoms with van der Waals surface area (Å²) in [5, 5.41) is 7.21. The van der Waals surface area contributed by atoms with E-state index in [1.54, 1.807) is 0 Å². The highest BCUT2D eigenvalue weighted by atomic mass is 16.5. The van der Waals surface area contributed by atoms with E-state index in [1.807, 2.05) is 11.8 Å². The fraction of sp³-hybridized carbons (Fsp3) is 0.812. The number of nitrogens with zero attached hydrogens (tertiary/aromatic N) is 4. The van der Waals surface area contributed by atoms with E-state index in [0.29, 0.717) is 17.7 Å². The maximum Gasteiger partial charge on any atom is 0.243 e. The molecular formula is C16H27N5O2. The summed E-state index contributed by atoms with van der Waals surface area (Å²) < 4.78 is 5.35. The maximum absolute atomic E-state index is 12.6. The van der Waals surface area contributed by atoms with Crippen LogP contribution in [0.25, 0.3) is 0 Å². The zero-order chi connectivity index (χ0) is 16.4. The van der Waals surface area contributed by atoms with Gasteiger partial charge in [0.15, 0.2) is 5.82 Å². The van der Waals surface area contributed by atoms with Crippen LogP contribution in [0.15, 0.2) is 4.52 Å². The molecule has 3 rings (SSSR count). The molecule has 1 N–H and O–H groups in total. The van der Waals surface area contributed by atoms with E-state index in [4.69, 9.17) is 4.52 Å². The molecule has 3 heterocycles. The van der Waals surface area contributed by atoms with Gasteiger partial charge in [0, 0.05) is 38.5 Å². The van der Waals surface area contributed by atoms with Crippen LogP contribution >= 0.6 is 0 Å². The lowest BCUT2D eigenvalue weighted by molar-refractivity contribution is -0.139. The minimum atomic E-state index is 0.105. The molecule has 2 unspecified atom stereocenters. The largest absolute Gasteiger partial charge is 0.340 e. The number of nitrogens with one attached hydrogen (secondary N) is 1. The predicted molar refractivity (Wildman–Crippen MR) is 85.8 cm³/mol. The van der Waals surface area contributed by atoms with Crippen molar-refractivity contribution in [2.75, 3.05) is 39.3 Å². The Morgan fingerprint density at radius 1 is 1.30 bits per heavy atom. The van der Waals surface area contributed by atoms with E-state index in [0.717, 1.165) is 51.5 Å². The molecule has 0 aromatic carbocycles. The van der Waals surface area contributed by atoms with Crippen LogP contribution in [-0.4, -0.2) is 65.1 Å². The Balaban J connectivity index is 1.52. The molecule has 2 aliphatic rings. The molecule has 0 saturated carbocycles. The predicted octanol–water partition coefficient (Wildman–Crippen LogP) is 0.693. The molecule has 0 spiro atoms. The van der Waals surface area contributed by atoms with E-state index in [1.165, 1.54) is 0 Å². The van der Waals surface area contributed by atoms with Gasteiger partial charge in [-0.25, -0.2) is 0 Å². The van der Waals surface area contributed by atoms with E-state index >= 15 is 0 Å². The SMILES string of the molecule is CCc1noc(C(C)N2CCN(C(=O)C(C)C3CNC3)CC2)n1. The molecule has 1 aromatic rings. The van der Waals surface area contributed by atoms with E-state index in [-0.39, 0.29) is 12.0 Å².